The molecule has 0 fully saturated rings. The van der Waals surface area contributed by atoms with Gasteiger partial charge in [-0.05, 0) is 18.2 Å². The van der Waals surface area contributed by atoms with Gasteiger partial charge in [0.25, 0.3) is 0 Å². The van der Waals surface area contributed by atoms with Gasteiger partial charge in [-0.25, -0.2) is 0 Å². The molecule has 0 atom stereocenters. The summed E-state index contributed by atoms with van der Waals surface area (Å²) in [6.45, 7) is 0. The zero-order valence-corrected chi connectivity index (χ0v) is 8.48. The zero-order valence-electron chi connectivity index (χ0n) is 8.48. The smallest absolute Gasteiger partial charge is 0.128 e. The number of rotatable bonds is 4. The lowest BCUT2D eigenvalue weighted by molar-refractivity contribution is 0.215. The van der Waals surface area contributed by atoms with Crippen molar-refractivity contribution in [2.75, 3.05) is 21.3 Å². The first kappa shape index (κ1) is 10.4. The summed E-state index contributed by atoms with van der Waals surface area (Å²) >= 11 is 0. The Kier molecular flexibility index (Phi) is 3.79. The SMILES string of the molecule is CO/N=C/c1cc(OC)ccc1OC. The highest BCUT2D eigenvalue weighted by molar-refractivity contribution is 5.83. The fourth-order valence-electron chi connectivity index (χ4n) is 1.05. The van der Waals surface area contributed by atoms with Crippen molar-refractivity contribution < 1.29 is 14.3 Å². The molecule has 1 aromatic carbocycles. The van der Waals surface area contributed by atoms with Crippen LogP contribution in [-0.2, 0) is 4.84 Å². The summed E-state index contributed by atoms with van der Waals surface area (Å²) in [5, 5.41) is 3.67. The molecule has 0 N–H and O–H groups in total. The van der Waals surface area contributed by atoms with Crippen LogP contribution in [0.1, 0.15) is 5.56 Å². The number of methoxy groups -OCH3 is 2. The van der Waals surface area contributed by atoms with Crippen LogP contribution in [0, 0.1) is 0 Å². The molecule has 0 unspecified atom stereocenters. The minimum absolute atomic E-state index is 0.728. The maximum atomic E-state index is 5.14. The molecule has 0 heterocycles. The van der Waals surface area contributed by atoms with E-state index in [2.05, 4.69) is 9.99 Å². The topological polar surface area (TPSA) is 40.0 Å². The van der Waals surface area contributed by atoms with Gasteiger partial charge < -0.3 is 14.3 Å². The molecule has 0 aromatic heterocycles. The van der Waals surface area contributed by atoms with Crippen molar-refractivity contribution in [2.45, 2.75) is 0 Å². The third kappa shape index (κ3) is 2.39. The van der Waals surface area contributed by atoms with E-state index in [-0.39, 0.29) is 0 Å². The number of oxime groups is 1. The predicted molar refractivity (Wildman–Crippen MR) is 54.1 cm³/mol. The quantitative estimate of drug-likeness (QED) is 0.542. The normalized spacial score (nSPS) is 10.2. The van der Waals surface area contributed by atoms with Gasteiger partial charge in [0.2, 0.25) is 0 Å². The highest BCUT2D eigenvalue weighted by atomic mass is 16.6. The van der Waals surface area contributed by atoms with E-state index in [0.717, 1.165) is 17.1 Å². The number of ether oxygens (including phenoxy) is 2. The average Bonchev–Trinajstić information content (AvgIpc) is 2.25. The average molecular weight is 195 g/mol. The fourth-order valence-corrected chi connectivity index (χ4v) is 1.05. The van der Waals surface area contributed by atoms with Crippen molar-refractivity contribution in [3.05, 3.63) is 23.8 Å². The summed E-state index contributed by atoms with van der Waals surface area (Å²) in [7, 11) is 4.70. The first-order valence-corrected chi connectivity index (χ1v) is 4.10. The van der Waals surface area contributed by atoms with Crippen molar-refractivity contribution in [3.63, 3.8) is 0 Å². The van der Waals surface area contributed by atoms with E-state index in [0.29, 0.717) is 0 Å². The van der Waals surface area contributed by atoms with Gasteiger partial charge in [-0.1, -0.05) is 5.16 Å². The van der Waals surface area contributed by atoms with Crippen LogP contribution in [0.3, 0.4) is 0 Å². The second-order valence-corrected chi connectivity index (χ2v) is 2.52. The van der Waals surface area contributed by atoms with E-state index in [1.165, 1.54) is 7.11 Å². The predicted octanol–water partition coefficient (Wildman–Crippen LogP) is 1.68. The summed E-state index contributed by atoms with van der Waals surface area (Å²) in [5.41, 5.74) is 0.814. The maximum absolute atomic E-state index is 5.14. The van der Waals surface area contributed by atoms with Crippen LogP contribution in [0.2, 0.25) is 0 Å². The molecular weight excluding hydrogens is 182 g/mol. The maximum Gasteiger partial charge on any atom is 0.128 e. The minimum Gasteiger partial charge on any atom is -0.497 e. The van der Waals surface area contributed by atoms with E-state index in [9.17, 15) is 0 Å². The van der Waals surface area contributed by atoms with Gasteiger partial charge in [-0.3, -0.25) is 0 Å². The highest BCUT2D eigenvalue weighted by Gasteiger charge is 2.02. The number of benzene rings is 1. The van der Waals surface area contributed by atoms with Gasteiger partial charge in [0.1, 0.15) is 18.6 Å². The van der Waals surface area contributed by atoms with E-state index < -0.39 is 0 Å². The molecule has 0 saturated carbocycles. The molecule has 1 aromatic rings. The van der Waals surface area contributed by atoms with E-state index in [4.69, 9.17) is 9.47 Å². The molecule has 0 aliphatic rings. The Morgan fingerprint density at radius 1 is 1.14 bits per heavy atom. The van der Waals surface area contributed by atoms with Gasteiger partial charge in [0.15, 0.2) is 0 Å². The van der Waals surface area contributed by atoms with Crippen molar-refractivity contribution in [1.29, 1.82) is 0 Å². The Hall–Kier alpha value is -1.71. The summed E-state index contributed by atoms with van der Waals surface area (Å²) < 4.78 is 10.2. The molecule has 0 aliphatic heterocycles. The third-order valence-corrected chi connectivity index (χ3v) is 1.73. The number of hydrogen-bond acceptors (Lipinski definition) is 4. The Labute approximate surface area is 83.1 Å². The van der Waals surface area contributed by atoms with Crippen LogP contribution < -0.4 is 9.47 Å². The van der Waals surface area contributed by atoms with Crippen molar-refractivity contribution >= 4 is 6.21 Å². The number of hydrogen-bond donors (Lipinski definition) is 0. The first-order valence-electron chi connectivity index (χ1n) is 4.10. The Morgan fingerprint density at radius 2 is 1.93 bits per heavy atom. The Balaban J connectivity index is 3.02. The lowest BCUT2D eigenvalue weighted by Crippen LogP contribution is -1.92. The molecule has 0 bridgehead atoms. The van der Waals surface area contributed by atoms with Crippen LogP contribution in [-0.4, -0.2) is 27.5 Å². The van der Waals surface area contributed by atoms with Crippen LogP contribution >= 0.6 is 0 Å². The second-order valence-electron chi connectivity index (χ2n) is 2.52. The number of nitrogens with zero attached hydrogens (tertiary/aromatic N) is 1. The van der Waals surface area contributed by atoms with Crippen molar-refractivity contribution in [1.82, 2.24) is 0 Å². The lowest BCUT2D eigenvalue weighted by atomic mass is 10.2. The molecule has 14 heavy (non-hydrogen) atoms. The van der Waals surface area contributed by atoms with Gasteiger partial charge in [0, 0.05) is 5.56 Å². The molecule has 1 rings (SSSR count). The fraction of sp³-hybridized carbons (Fsp3) is 0.300. The van der Waals surface area contributed by atoms with Crippen molar-refractivity contribution in [3.8, 4) is 11.5 Å². The van der Waals surface area contributed by atoms with E-state index in [1.54, 1.807) is 20.4 Å². The standard InChI is InChI=1S/C10H13NO3/c1-12-9-4-5-10(13-2)8(6-9)7-11-14-3/h4-7H,1-3H3/b11-7+. The lowest BCUT2D eigenvalue weighted by Gasteiger charge is -2.06. The summed E-state index contributed by atoms with van der Waals surface area (Å²) in [6, 6.07) is 5.46. The molecular formula is C10H13NO3. The Bertz CT molecular complexity index is 323. The van der Waals surface area contributed by atoms with Crippen LogP contribution in [0.5, 0.6) is 11.5 Å². The molecule has 0 saturated heterocycles. The monoisotopic (exact) mass is 195 g/mol. The molecule has 0 radical (unpaired) electrons. The first-order chi connectivity index (χ1) is 6.81. The third-order valence-electron chi connectivity index (χ3n) is 1.73. The van der Waals surface area contributed by atoms with E-state index in [1.807, 2.05) is 18.2 Å². The van der Waals surface area contributed by atoms with Gasteiger partial charge in [0.05, 0.1) is 20.4 Å². The summed E-state index contributed by atoms with van der Waals surface area (Å²) in [4.78, 5) is 4.59. The largest absolute Gasteiger partial charge is 0.497 e. The second kappa shape index (κ2) is 5.11. The Morgan fingerprint density at radius 3 is 2.50 bits per heavy atom. The molecule has 0 spiro atoms. The molecule has 4 nitrogen and oxygen atoms in total. The summed E-state index contributed by atoms with van der Waals surface area (Å²) in [6.07, 6.45) is 1.57. The highest BCUT2D eigenvalue weighted by Crippen LogP contribution is 2.22. The van der Waals surface area contributed by atoms with Crippen LogP contribution in [0.15, 0.2) is 23.4 Å². The van der Waals surface area contributed by atoms with Gasteiger partial charge in [-0.2, -0.15) is 0 Å². The molecule has 0 amide bonds. The summed E-state index contributed by atoms with van der Waals surface area (Å²) in [5.74, 6) is 1.48. The minimum atomic E-state index is 0.728. The molecule has 4 heteroatoms. The van der Waals surface area contributed by atoms with Crippen molar-refractivity contribution in [2.24, 2.45) is 5.16 Å². The van der Waals surface area contributed by atoms with Gasteiger partial charge in [-0.15, -0.1) is 0 Å². The van der Waals surface area contributed by atoms with Gasteiger partial charge >= 0.3 is 0 Å². The zero-order chi connectivity index (χ0) is 10.4. The van der Waals surface area contributed by atoms with Crippen LogP contribution in [0.4, 0.5) is 0 Å². The molecule has 76 valence electrons. The molecule has 0 aliphatic carbocycles. The van der Waals surface area contributed by atoms with Crippen LogP contribution in [0.25, 0.3) is 0 Å². The van der Waals surface area contributed by atoms with E-state index >= 15 is 0 Å².